The standard InChI is InChI=1S/C26H40N4O/c1-20-28-23-10-14-27-15-11-24(23)30(20)19-21-12-16-29(17-13-21)25(31)18-26(2,3)22-8-6-4-5-7-9-22/h4,6-7,9-11,20-22,27-28H,5,8,12-19H2,1-3H3. The first-order valence-electron chi connectivity index (χ1n) is 12.2. The molecule has 0 aromatic heterocycles. The number of allylic oxidation sites excluding steroid dienone is 4. The first kappa shape index (κ1) is 22.2. The molecule has 2 unspecified atom stereocenters. The summed E-state index contributed by atoms with van der Waals surface area (Å²) in [6.45, 7) is 11.5. The summed E-state index contributed by atoms with van der Waals surface area (Å²) < 4.78 is 0. The number of fused-ring (bicyclic) bond motifs is 1. The van der Waals surface area contributed by atoms with Crippen molar-refractivity contribution in [1.82, 2.24) is 20.4 Å². The molecular formula is C26H40N4O. The van der Waals surface area contributed by atoms with Gasteiger partial charge in [-0.05, 0) is 62.0 Å². The number of hydrogen-bond acceptors (Lipinski definition) is 4. The van der Waals surface area contributed by atoms with Gasteiger partial charge in [0.05, 0.1) is 17.6 Å². The topological polar surface area (TPSA) is 47.6 Å². The minimum Gasteiger partial charge on any atom is -0.364 e. The van der Waals surface area contributed by atoms with Crippen molar-refractivity contribution in [3.63, 3.8) is 0 Å². The fourth-order valence-corrected chi connectivity index (χ4v) is 5.41. The average molecular weight is 425 g/mol. The zero-order chi connectivity index (χ0) is 21.8. The highest BCUT2D eigenvalue weighted by Gasteiger charge is 2.35. The number of carbonyl (C=O) groups is 1. The Kier molecular flexibility index (Phi) is 6.90. The van der Waals surface area contributed by atoms with Gasteiger partial charge in [-0.25, -0.2) is 0 Å². The second-order valence-corrected chi connectivity index (χ2v) is 10.3. The molecule has 2 N–H and O–H groups in total. The molecule has 0 radical (unpaired) electrons. The van der Waals surface area contributed by atoms with E-state index in [1.807, 2.05) is 0 Å². The summed E-state index contributed by atoms with van der Waals surface area (Å²) in [5.74, 6) is 1.43. The van der Waals surface area contributed by atoms with Crippen molar-refractivity contribution in [2.75, 3.05) is 32.7 Å². The Morgan fingerprint density at radius 2 is 1.90 bits per heavy atom. The second kappa shape index (κ2) is 9.64. The van der Waals surface area contributed by atoms with Crippen molar-refractivity contribution in [3.05, 3.63) is 47.9 Å². The number of rotatable bonds is 5. The highest BCUT2D eigenvalue weighted by molar-refractivity contribution is 5.77. The molecule has 2 atom stereocenters. The van der Waals surface area contributed by atoms with Gasteiger partial charge in [-0.1, -0.05) is 38.2 Å². The van der Waals surface area contributed by atoms with E-state index in [-0.39, 0.29) is 5.41 Å². The van der Waals surface area contributed by atoms with Crippen LogP contribution in [0, 0.1) is 17.3 Å². The van der Waals surface area contributed by atoms with Gasteiger partial charge < -0.3 is 20.4 Å². The minimum absolute atomic E-state index is 0.00149. The molecule has 3 heterocycles. The third-order valence-electron chi connectivity index (χ3n) is 7.54. The molecule has 0 aromatic carbocycles. The number of amides is 1. The van der Waals surface area contributed by atoms with Gasteiger partial charge in [0.15, 0.2) is 0 Å². The Morgan fingerprint density at radius 1 is 1.13 bits per heavy atom. The molecular weight excluding hydrogens is 384 g/mol. The maximum Gasteiger partial charge on any atom is 0.223 e. The van der Waals surface area contributed by atoms with Crippen molar-refractivity contribution in [2.24, 2.45) is 17.3 Å². The molecule has 2 fully saturated rings. The van der Waals surface area contributed by atoms with Gasteiger partial charge >= 0.3 is 0 Å². The maximum atomic E-state index is 13.1. The van der Waals surface area contributed by atoms with Crippen LogP contribution < -0.4 is 10.6 Å². The van der Waals surface area contributed by atoms with Crippen molar-refractivity contribution in [2.45, 2.75) is 59.0 Å². The van der Waals surface area contributed by atoms with Crippen LogP contribution in [0.25, 0.3) is 0 Å². The van der Waals surface area contributed by atoms with Gasteiger partial charge in [-0.3, -0.25) is 4.79 Å². The highest BCUT2D eigenvalue weighted by atomic mass is 16.2. The molecule has 4 aliphatic rings. The van der Waals surface area contributed by atoms with Gasteiger partial charge in [0.1, 0.15) is 0 Å². The molecule has 5 heteroatoms. The van der Waals surface area contributed by atoms with Crippen molar-refractivity contribution >= 4 is 5.91 Å². The molecule has 5 nitrogen and oxygen atoms in total. The monoisotopic (exact) mass is 424 g/mol. The summed E-state index contributed by atoms with van der Waals surface area (Å²) in [5, 5.41) is 7.03. The largest absolute Gasteiger partial charge is 0.364 e. The van der Waals surface area contributed by atoms with Crippen LogP contribution in [0.3, 0.4) is 0 Å². The maximum absolute atomic E-state index is 13.1. The van der Waals surface area contributed by atoms with E-state index in [9.17, 15) is 4.79 Å². The van der Waals surface area contributed by atoms with Gasteiger partial charge in [0.2, 0.25) is 5.91 Å². The Balaban J connectivity index is 1.29. The SMILES string of the molecule is CC1NC2=CCNCC=C2N1CC1CCN(C(=O)CC(C)(C)C2C=CCC=CC2)CC1. The van der Waals surface area contributed by atoms with E-state index in [1.165, 1.54) is 11.4 Å². The summed E-state index contributed by atoms with van der Waals surface area (Å²) in [6, 6.07) is 0. The number of hydrogen-bond donors (Lipinski definition) is 2. The van der Waals surface area contributed by atoms with Crippen LogP contribution in [0.2, 0.25) is 0 Å². The number of nitrogens with zero attached hydrogens (tertiary/aromatic N) is 2. The van der Waals surface area contributed by atoms with Gasteiger partial charge in [-0.15, -0.1) is 0 Å². The Labute approximate surface area is 188 Å². The van der Waals surface area contributed by atoms with E-state index in [1.54, 1.807) is 0 Å². The quantitative estimate of drug-likeness (QED) is 0.660. The van der Waals surface area contributed by atoms with E-state index in [0.29, 0.717) is 30.3 Å². The van der Waals surface area contributed by atoms with E-state index < -0.39 is 0 Å². The second-order valence-electron chi connectivity index (χ2n) is 10.3. The summed E-state index contributed by atoms with van der Waals surface area (Å²) in [7, 11) is 0. The summed E-state index contributed by atoms with van der Waals surface area (Å²) in [4.78, 5) is 17.8. The van der Waals surface area contributed by atoms with Crippen molar-refractivity contribution in [1.29, 1.82) is 0 Å². The van der Waals surface area contributed by atoms with Crippen molar-refractivity contribution in [3.8, 4) is 0 Å². The average Bonchev–Trinajstić information content (AvgIpc) is 3.01. The number of carbonyl (C=O) groups excluding carboxylic acids is 1. The molecule has 0 bridgehead atoms. The Morgan fingerprint density at radius 3 is 2.71 bits per heavy atom. The summed E-state index contributed by atoms with van der Waals surface area (Å²) >= 11 is 0. The first-order chi connectivity index (χ1) is 14.9. The fraction of sp³-hybridized carbons (Fsp3) is 0.654. The lowest BCUT2D eigenvalue weighted by Gasteiger charge is -2.38. The number of piperidine rings is 1. The summed E-state index contributed by atoms with van der Waals surface area (Å²) in [5.41, 5.74) is 2.62. The van der Waals surface area contributed by atoms with Crippen LogP contribution >= 0.6 is 0 Å². The number of likely N-dealkylation sites (tertiary alicyclic amines) is 1. The van der Waals surface area contributed by atoms with E-state index in [0.717, 1.165) is 58.4 Å². The number of nitrogens with one attached hydrogen (secondary N) is 2. The lowest BCUT2D eigenvalue weighted by Crippen LogP contribution is -2.44. The third kappa shape index (κ3) is 5.25. The van der Waals surface area contributed by atoms with Gasteiger partial charge in [0.25, 0.3) is 0 Å². The molecule has 1 aliphatic carbocycles. The first-order valence-corrected chi connectivity index (χ1v) is 12.2. The molecule has 3 aliphatic heterocycles. The van der Waals surface area contributed by atoms with Crippen LogP contribution in [-0.4, -0.2) is 54.6 Å². The summed E-state index contributed by atoms with van der Waals surface area (Å²) in [6.07, 6.45) is 18.9. The van der Waals surface area contributed by atoms with Crippen LogP contribution in [0.1, 0.15) is 52.9 Å². The molecule has 1 amide bonds. The third-order valence-corrected chi connectivity index (χ3v) is 7.54. The van der Waals surface area contributed by atoms with Crippen LogP contribution in [-0.2, 0) is 4.79 Å². The Hall–Kier alpha value is -2.01. The molecule has 31 heavy (non-hydrogen) atoms. The van der Waals surface area contributed by atoms with Gasteiger partial charge in [0, 0.05) is 39.1 Å². The van der Waals surface area contributed by atoms with E-state index in [2.05, 4.69) is 77.7 Å². The fourth-order valence-electron chi connectivity index (χ4n) is 5.41. The molecule has 0 saturated carbocycles. The predicted octanol–water partition coefficient (Wildman–Crippen LogP) is 3.79. The zero-order valence-electron chi connectivity index (χ0n) is 19.6. The molecule has 0 spiro atoms. The molecule has 2 saturated heterocycles. The van der Waals surface area contributed by atoms with Gasteiger partial charge in [-0.2, -0.15) is 0 Å². The molecule has 4 rings (SSSR count). The normalized spacial score (nSPS) is 27.2. The smallest absolute Gasteiger partial charge is 0.223 e. The van der Waals surface area contributed by atoms with Crippen LogP contribution in [0.4, 0.5) is 0 Å². The highest BCUT2D eigenvalue weighted by Crippen LogP contribution is 2.37. The van der Waals surface area contributed by atoms with Crippen LogP contribution in [0.15, 0.2) is 47.9 Å². The molecule has 0 aromatic rings. The zero-order valence-corrected chi connectivity index (χ0v) is 19.6. The lowest BCUT2D eigenvalue weighted by atomic mass is 9.74. The Bertz CT molecular complexity index is 770. The van der Waals surface area contributed by atoms with Crippen LogP contribution in [0.5, 0.6) is 0 Å². The molecule has 170 valence electrons. The predicted molar refractivity (Wildman–Crippen MR) is 127 cm³/mol. The van der Waals surface area contributed by atoms with E-state index in [4.69, 9.17) is 0 Å². The van der Waals surface area contributed by atoms with Crippen molar-refractivity contribution < 1.29 is 4.79 Å². The lowest BCUT2D eigenvalue weighted by molar-refractivity contribution is -0.135. The van der Waals surface area contributed by atoms with E-state index >= 15 is 0 Å². The minimum atomic E-state index is -0.00149.